The third kappa shape index (κ3) is 4.42. The van der Waals surface area contributed by atoms with Crippen molar-refractivity contribution in [3.63, 3.8) is 0 Å². The van der Waals surface area contributed by atoms with Gasteiger partial charge in [0.2, 0.25) is 5.91 Å². The second kappa shape index (κ2) is 7.98. The van der Waals surface area contributed by atoms with Gasteiger partial charge in [0.05, 0.1) is 0 Å². The smallest absolute Gasteiger partial charge is 0.410 e. The van der Waals surface area contributed by atoms with Crippen LogP contribution in [0, 0.1) is 5.92 Å². The van der Waals surface area contributed by atoms with Crippen molar-refractivity contribution in [3.05, 3.63) is 29.3 Å². The Morgan fingerprint density at radius 2 is 1.76 bits per heavy atom. The molecule has 0 saturated carbocycles. The van der Waals surface area contributed by atoms with E-state index in [-0.39, 0.29) is 30.0 Å². The minimum Gasteiger partial charge on any atom is -0.444 e. The van der Waals surface area contributed by atoms with Gasteiger partial charge in [-0.05, 0) is 69.6 Å². The minimum atomic E-state index is -0.473. The van der Waals surface area contributed by atoms with Crippen LogP contribution in [0.15, 0.2) is 18.2 Å². The van der Waals surface area contributed by atoms with E-state index >= 15 is 0 Å². The van der Waals surface area contributed by atoms with E-state index in [4.69, 9.17) is 10.5 Å². The SMILES string of the molecule is CC(=O)N1c2ccc(C3CCN(C(=O)OC(C)(C)C)CC3)cc2C(N)C(C)C1C. The van der Waals surface area contributed by atoms with Gasteiger partial charge < -0.3 is 20.3 Å². The summed E-state index contributed by atoms with van der Waals surface area (Å²) in [5.74, 6) is 0.623. The van der Waals surface area contributed by atoms with Crippen molar-refractivity contribution in [2.75, 3.05) is 18.0 Å². The van der Waals surface area contributed by atoms with Crippen molar-refractivity contribution in [2.45, 2.75) is 78.0 Å². The number of hydrogen-bond donors (Lipinski definition) is 1. The third-order valence-corrected chi connectivity index (χ3v) is 6.36. The van der Waals surface area contributed by atoms with Gasteiger partial charge in [0.15, 0.2) is 0 Å². The second-order valence-corrected chi connectivity index (χ2v) is 9.57. The lowest BCUT2D eigenvalue weighted by molar-refractivity contribution is -0.117. The highest BCUT2D eigenvalue weighted by Crippen LogP contribution is 2.41. The Hall–Kier alpha value is -2.08. The molecule has 3 unspecified atom stereocenters. The Kier molecular flexibility index (Phi) is 5.95. The van der Waals surface area contributed by atoms with Gasteiger partial charge in [0.1, 0.15) is 5.60 Å². The van der Waals surface area contributed by atoms with Gasteiger partial charge in [-0.2, -0.15) is 0 Å². The van der Waals surface area contributed by atoms with E-state index in [2.05, 4.69) is 32.0 Å². The Morgan fingerprint density at radius 1 is 1.14 bits per heavy atom. The fraction of sp³-hybridized carbons (Fsp3) is 0.652. The molecule has 1 fully saturated rings. The molecule has 0 bridgehead atoms. The maximum atomic E-state index is 12.3. The van der Waals surface area contributed by atoms with E-state index in [1.807, 2.05) is 25.7 Å². The zero-order valence-electron chi connectivity index (χ0n) is 18.6. The maximum Gasteiger partial charge on any atom is 0.410 e. The summed E-state index contributed by atoms with van der Waals surface area (Å²) in [6.07, 6.45) is 1.56. The lowest BCUT2D eigenvalue weighted by Crippen LogP contribution is -2.48. The average molecular weight is 402 g/mol. The van der Waals surface area contributed by atoms with Crippen molar-refractivity contribution in [3.8, 4) is 0 Å². The third-order valence-electron chi connectivity index (χ3n) is 6.36. The Labute approximate surface area is 174 Å². The van der Waals surface area contributed by atoms with Crippen LogP contribution in [0.5, 0.6) is 0 Å². The first kappa shape index (κ1) is 21.6. The molecule has 0 aromatic heterocycles. The van der Waals surface area contributed by atoms with Gasteiger partial charge in [-0.25, -0.2) is 4.79 Å². The van der Waals surface area contributed by atoms with Gasteiger partial charge in [-0.3, -0.25) is 4.79 Å². The predicted molar refractivity (Wildman–Crippen MR) is 115 cm³/mol. The first-order valence-corrected chi connectivity index (χ1v) is 10.7. The summed E-state index contributed by atoms with van der Waals surface area (Å²) in [6, 6.07) is 6.36. The molecule has 0 aliphatic carbocycles. The Morgan fingerprint density at radius 3 is 2.31 bits per heavy atom. The van der Waals surface area contributed by atoms with E-state index in [0.29, 0.717) is 19.0 Å². The lowest BCUT2D eigenvalue weighted by atomic mass is 9.80. The molecule has 0 spiro atoms. The highest BCUT2D eigenvalue weighted by atomic mass is 16.6. The molecule has 29 heavy (non-hydrogen) atoms. The van der Waals surface area contributed by atoms with Gasteiger partial charge >= 0.3 is 6.09 Å². The first-order chi connectivity index (χ1) is 13.5. The molecule has 6 nitrogen and oxygen atoms in total. The number of rotatable bonds is 1. The van der Waals surface area contributed by atoms with Crippen molar-refractivity contribution >= 4 is 17.7 Å². The molecule has 2 aliphatic rings. The number of carbonyl (C=O) groups excluding carboxylic acids is 2. The molecule has 2 aliphatic heterocycles. The topological polar surface area (TPSA) is 75.9 Å². The standard InChI is InChI=1S/C23H35N3O3/c1-14-15(2)26(16(3)27)20-8-7-18(13-19(20)21(14)24)17-9-11-25(12-10-17)22(28)29-23(4,5)6/h7-8,13-15,17,21H,9-12,24H2,1-6H3. The maximum absolute atomic E-state index is 12.3. The number of piperidine rings is 1. The van der Waals surface area contributed by atoms with Crippen LogP contribution in [-0.4, -0.2) is 41.6 Å². The number of nitrogens with two attached hydrogens (primary N) is 1. The molecule has 2 heterocycles. The van der Waals surface area contributed by atoms with E-state index in [1.54, 1.807) is 11.8 Å². The van der Waals surface area contributed by atoms with Crippen LogP contribution in [0.3, 0.4) is 0 Å². The normalized spacial score (nSPS) is 25.6. The molecule has 1 aromatic rings. The molecule has 2 amide bonds. The minimum absolute atomic E-state index is 0.0518. The first-order valence-electron chi connectivity index (χ1n) is 10.7. The predicted octanol–water partition coefficient (Wildman–Crippen LogP) is 4.19. The highest BCUT2D eigenvalue weighted by molar-refractivity contribution is 5.93. The lowest BCUT2D eigenvalue weighted by Gasteiger charge is -2.43. The molecule has 1 saturated heterocycles. The van der Waals surface area contributed by atoms with Gasteiger partial charge in [0, 0.05) is 37.8 Å². The molecule has 6 heteroatoms. The van der Waals surface area contributed by atoms with Gasteiger partial charge in [-0.1, -0.05) is 19.1 Å². The Bertz CT molecular complexity index is 778. The number of likely N-dealkylation sites (tertiary alicyclic amines) is 1. The molecule has 160 valence electrons. The van der Waals surface area contributed by atoms with Crippen molar-refractivity contribution in [1.82, 2.24) is 4.90 Å². The monoisotopic (exact) mass is 401 g/mol. The largest absolute Gasteiger partial charge is 0.444 e. The van der Waals surface area contributed by atoms with Crippen LogP contribution in [-0.2, 0) is 9.53 Å². The van der Waals surface area contributed by atoms with Crippen molar-refractivity contribution in [2.24, 2.45) is 11.7 Å². The number of hydrogen-bond acceptors (Lipinski definition) is 4. The van der Waals surface area contributed by atoms with E-state index in [9.17, 15) is 9.59 Å². The number of amides is 2. The summed E-state index contributed by atoms with van der Waals surface area (Å²) in [5.41, 5.74) is 9.31. The molecular weight excluding hydrogens is 366 g/mol. The molecule has 2 N–H and O–H groups in total. The number of ether oxygens (including phenoxy) is 1. The summed E-state index contributed by atoms with van der Waals surface area (Å²) in [7, 11) is 0. The summed E-state index contributed by atoms with van der Waals surface area (Å²) in [4.78, 5) is 28.2. The molecule has 3 atom stereocenters. The second-order valence-electron chi connectivity index (χ2n) is 9.57. The molecule has 0 radical (unpaired) electrons. The summed E-state index contributed by atoms with van der Waals surface area (Å²) in [5, 5.41) is 0. The van der Waals surface area contributed by atoms with E-state index in [1.165, 1.54) is 5.56 Å². The molecule has 3 rings (SSSR count). The summed E-state index contributed by atoms with van der Waals surface area (Å²) >= 11 is 0. The van der Waals surface area contributed by atoms with Gasteiger partial charge in [0.25, 0.3) is 0 Å². The Balaban J connectivity index is 1.76. The van der Waals surface area contributed by atoms with Gasteiger partial charge in [-0.15, -0.1) is 0 Å². The summed E-state index contributed by atoms with van der Waals surface area (Å²) < 4.78 is 5.50. The number of anilines is 1. The molecule has 1 aromatic carbocycles. The zero-order valence-corrected chi connectivity index (χ0v) is 18.6. The number of benzene rings is 1. The number of nitrogens with zero attached hydrogens (tertiary/aromatic N) is 2. The zero-order chi connectivity index (χ0) is 21.5. The van der Waals surface area contributed by atoms with E-state index in [0.717, 1.165) is 24.1 Å². The van der Waals surface area contributed by atoms with E-state index < -0.39 is 5.60 Å². The van der Waals surface area contributed by atoms with Crippen LogP contribution in [0.2, 0.25) is 0 Å². The number of carbonyl (C=O) groups is 2. The summed E-state index contributed by atoms with van der Waals surface area (Å²) in [6.45, 7) is 12.8. The molecular formula is C23H35N3O3. The quantitative estimate of drug-likeness (QED) is 0.765. The fourth-order valence-electron chi connectivity index (χ4n) is 4.53. The van der Waals surface area contributed by atoms with Crippen LogP contribution < -0.4 is 10.6 Å². The van der Waals surface area contributed by atoms with Crippen LogP contribution in [0.1, 0.15) is 77.5 Å². The van der Waals surface area contributed by atoms with Crippen molar-refractivity contribution < 1.29 is 14.3 Å². The average Bonchev–Trinajstić information content (AvgIpc) is 2.64. The van der Waals surface area contributed by atoms with Crippen LogP contribution >= 0.6 is 0 Å². The number of fused-ring (bicyclic) bond motifs is 1. The van der Waals surface area contributed by atoms with Crippen LogP contribution in [0.25, 0.3) is 0 Å². The van der Waals surface area contributed by atoms with Crippen molar-refractivity contribution in [1.29, 1.82) is 0 Å². The van der Waals surface area contributed by atoms with Crippen LogP contribution in [0.4, 0.5) is 10.5 Å². The highest BCUT2D eigenvalue weighted by Gasteiger charge is 2.37. The fourth-order valence-corrected chi connectivity index (χ4v) is 4.53.